The molecule has 0 aliphatic heterocycles. The largest absolute Gasteiger partial charge is 0.481 e. The third-order valence-corrected chi connectivity index (χ3v) is 3.49. The molecular formula is C13H16N2O3. The molecule has 1 fully saturated rings. The maximum Gasteiger partial charge on any atom is 0.306 e. The molecule has 1 aliphatic rings. The Labute approximate surface area is 105 Å². The van der Waals surface area contributed by atoms with Crippen LogP contribution in [0.25, 0.3) is 0 Å². The molecule has 18 heavy (non-hydrogen) atoms. The number of aliphatic carboxylic acids is 1. The highest BCUT2D eigenvalue weighted by Crippen LogP contribution is 2.32. The van der Waals surface area contributed by atoms with Crippen molar-refractivity contribution in [3.8, 4) is 0 Å². The summed E-state index contributed by atoms with van der Waals surface area (Å²) in [5.41, 5.74) is 0.737. The summed E-state index contributed by atoms with van der Waals surface area (Å²) in [7, 11) is 1.70. The summed E-state index contributed by atoms with van der Waals surface area (Å²) in [5, 5.41) is 8.93. The molecular weight excluding hydrogens is 232 g/mol. The smallest absolute Gasteiger partial charge is 0.306 e. The van der Waals surface area contributed by atoms with Gasteiger partial charge in [0, 0.05) is 19.2 Å². The van der Waals surface area contributed by atoms with Crippen LogP contribution < -0.4 is 4.90 Å². The van der Waals surface area contributed by atoms with E-state index in [2.05, 4.69) is 4.98 Å². The van der Waals surface area contributed by atoms with Gasteiger partial charge in [0.15, 0.2) is 0 Å². The molecule has 1 amide bonds. The SMILES string of the molecule is CN(C(=O)[C@@H]1CC[C@H](C(=O)O)C1)c1cccnc1. The molecule has 0 spiro atoms. The lowest BCUT2D eigenvalue weighted by Crippen LogP contribution is -2.32. The molecule has 5 heteroatoms. The molecule has 2 atom stereocenters. The summed E-state index contributed by atoms with van der Waals surface area (Å²) in [5.74, 6) is -1.38. The Balaban J connectivity index is 2.02. The molecule has 0 radical (unpaired) electrons. The zero-order chi connectivity index (χ0) is 13.1. The highest BCUT2D eigenvalue weighted by molar-refractivity contribution is 5.94. The van der Waals surface area contributed by atoms with Crippen LogP contribution in [0.15, 0.2) is 24.5 Å². The van der Waals surface area contributed by atoms with Crippen molar-refractivity contribution in [1.29, 1.82) is 0 Å². The number of rotatable bonds is 3. The molecule has 0 aromatic carbocycles. The van der Waals surface area contributed by atoms with Gasteiger partial charge in [-0.1, -0.05) is 0 Å². The Kier molecular flexibility index (Phi) is 3.60. The molecule has 96 valence electrons. The Morgan fingerprint density at radius 3 is 2.67 bits per heavy atom. The molecule has 0 unspecified atom stereocenters. The summed E-state index contributed by atoms with van der Waals surface area (Å²) < 4.78 is 0. The number of anilines is 1. The molecule has 2 rings (SSSR count). The van der Waals surface area contributed by atoms with E-state index < -0.39 is 5.97 Å². The summed E-state index contributed by atoms with van der Waals surface area (Å²) in [6.45, 7) is 0. The normalized spacial score (nSPS) is 22.7. The molecule has 1 aromatic rings. The van der Waals surface area contributed by atoms with Crippen molar-refractivity contribution in [2.45, 2.75) is 19.3 Å². The Bertz CT molecular complexity index is 447. The molecule has 1 N–H and O–H groups in total. The highest BCUT2D eigenvalue weighted by Gasteiger charge is 2.35. The van der Waals surface area contributed by atoms with Gasteiger partial charge >= 0.3 is 5.97 Å². The number of carbonyl (C=O) groups is 2. The van der Waals surface area contributed by atoms with Gasteiger partial charge in [0.2, 0.25) is 5.91 Å². The van der Waals surface area contributed by atoms with Gasteiger partial charge in [-0.15, -0.1) is 0 Å². The average molecular weight is 248 g/mol. The first-order valence-corrected chi connectivity index (χ1v) is 6.00. The third kappa shape index (κ3) is 2.50. The Hall–Kier alpha value is -1.91. The van der Waals surface area contributed by atoms with Crippen molar-refractivity contribution in [2.24, 2.45) is 11.8 Å². The quantitative estimate of drug-likeness (QED) is 0.881. The number of carboxylic acid groups (broad SMARTS) is 1. The van der Waals surface area contributed by atoms with Crippen molar-refractivity contribution >= 4 is 17.6 Å². The maximum absolute atomic E-state index is 12.2. The topological polar surface area (TPSA) is 70.5 Å². The van der Waals surface area contributed by atoms with Crippen LogP contribution in [0.2, 0.25) is 0 Å². The van der Waals surface area contributed by atoms with Crippen LogP contribution in [0, 0.1) is 11.8 Å². The zero-order valence-electron chi connectivity index (χ0n) is 10.2. The fourth-order valence-corrected chi connectivity index (χ4v) is 2.38. The first kappa shape index (κ1) is 12.5. The third-order valence-electron chi connectivity index (χ3n) is 3.49. The predicted molar refractivity (Wildman–Crippen MR) is 66.1 cm³/mol. The van der Waals surface area contributed by atoms with Crippen molar-refractivity contribution < 1.29 is 14.7 Å². The van der Waals surface area contributed by atoms with Crippen LogP contribution in [-0.2, 0) is 9.59 Å². The lowest BCUT2D eigenvalue weighted by Gasteiger charge is -2.20. The van der Waals surface area contributed by atoms with E-state index >= 15 is 0 Å². The van der Waals surface area contributed by atoms with E-state index in [9.17, 15) is 9.59 Å². The first-order valence-electron chi connectivity index (χ1n) is 6.00. The molecule has 5 nitrogen and oxygen atoms in total. The summed E-state index contributed by atoms with van der Waals surface area (Å²) >= 11 is 0. The van der Waals surface area contributed by atoms with Crippen LogP contribution in [0.4, 0.5) is 5.69 Å². The van der Waals surface area contributed by atoms with E-state index in [1.54, 1.807) is 30.4 Å². The van der Waals surface area contributed by atoms with Crippen LogP contribution in [0.1, 0.15) is 19.3 Å². The monoisotopic (exact) mass is 248 g/mol. The number of nitrogens with zero attached hydrogens (tertiary/aromatic N) is 2. The van der Waals surface area contributed by atoms with Crippen LogP contribution in [0.5, 0.6) is 0 Å². The van der Waals surface area contributed by atoms with E-state index in [1.165, 1.54) is 0 Å². The molecule has 1 aliphatic carbocycles. The minimum absolute atomic E-state index is 0.0215. The second kappa shape index (κ2) is 5.16. The summed E-state index contributed by atoms with van der Waals surface area (Å²) in [6.07, 6.45) is 4.96. The summed E-state index contributed by atoms with van der Waals surface area (Å²) in [4.78, 5) is 28.6. The number of aromatic nitrogens is 1. The number of pyridine rings is 1. The Morgan fingerprint density at radius 2 is 2.11 bits per heavy atom. The van der Waals surface area contributed by atoms with E-state index in [4.69, 9.17) is 5.11 Å². The van der Waals surface area contributed by atoms with E-state index in [0.717, 1.165) is 5.69 Å². The number of hydrogen-bond donors (Lipinski definition) is 1. The second-order valence-electron chi connectivity index (χ2n) is 4.65. The fraction of sp³-hybridized carbons (Fsp3) is 0.462. The number of carboxylic acids is 1. The van der Waals surface area contributed by atoms with Gasteiger partial charge in [0.1, 0.15) is 0 Å². The average Bonchev–Trinajstić information content (AvgIpc) is 2.88. The van der Waals surface area contributed by atoms with Crippen LogP contribution in [0.3, 0.4) is 0 Å². The second-order valence-corrected chi connectivity index (χ2v) is 4.65. The van der Waals surface area contributed by atoms with Gasteiger partial charge in [-0.2, -0.15) is 0 Å². The predicted octanol–water partition coefficient (Wildman–Crippen LogP) is 1.55. The zero-order valence-corrected chi connectivity index (χ0v) is 10.2. The lowest BCUT2D eigenvalue weighted by molar-refractivity contribution is -0.141. The van der Waals surface area contributed by atoms with Gasteiger partial charge in [0.25, 0.3) is 0 Å². The van der Waals surface area contributed by atoms with E-state index in [0.29, 0.717) is 19.3 Å². The fourth-order valence-electron chi connectivity index (χ4n) is 2.38. The van der Waals surface area contributed by atoms with E-state index in [-0.39, 0.29) is 17.7 Å². The number of amides is 1. The number of hydrogen-bond acceptors (Lipinski definition) is 3. The minimum Gasteiger partial charge on any atom is -0.481 e. The molecule has 1 heterocycles. The number of carbonyl (C=O) groups excluding carboxylic acids is 1. The van der Waals surface area contributed by atoms with E-state index in [1.807, 2.05) is 6.07 Å². The standard InChI is InChI=1S/C13H16N2O3/c1-15(11-3-2-6-14-8-11)12(16)9-4-5-10(7-9)13(17)18/h2-3,6,8-10H,4-5,7H2,1H3,(H,17,18)/t9-,10+/m1/s1. The van der Waals surface area contributed by atoms with Crippen molar-refractivity contribution in [1.82, 2.24) is 4.98 Å². The van der Waals surface area contributed by atoms with Crippen LogP contribution in [-0.4, -0.2) is 29.0 Å². The van der Waals surface area contributed by atoms with Gasteiger partial charge in [-0.05, 0) is 31.4 Å². The maximum atomic E-state index is 12.2. The van der Waals surface area contributed by atoms with Crippen molar-refractivity contribution in [3.63, 3.8) is 0 Å². The Morgan fingerprint density at radius 1 is 1.39 bits per heavy atom. The van der Waals surface area contributed by atoms with Crippen LogP contribution >= 0.6 is 0 Å². The minimum atomic E-state index is -0.797. The molecule has 1 saturated carbocycles. The van der Waals surface area contributed by atoms with Crippen molar-refractivity contribution in [2.75, 3.05) is 11.9 Å². The highest BCUT2D eigenvalue weighted by atomic mass is 16.4. The lowest BCUT2D eigenvalue weighted by atomic mass is 10.0. The molecule has 1 aromatic heterocycles. The van der Waals surface area contributed by atoms with Gasteiger partial charge in [0.05, 0.1) is 17.8 Å². The first-order chi connectivity index (χ1) is 8.59. The summed E-state index contributed by atoms with van der Waals surface area (Å²) in [6, 6.07) is 3.59. The van der Waals surface area contributed by atoms with Gasteiger partial charge < -0.3 is 10.0 Å². The van der Waals surface area contributed by atoms with Gasteiger partial charge in [-0.3, -0.25) is 14.6 Å². The molecule has 0 bridgehead atoms. The van der Waals surface area contributed by atoms with Gasteiger partial charge in [-0.25, -0.2) is 0 Å². The molecule has 0 saturated heterocycles. The van der Waals surface area contributed by atoms with Crippen molar-refractivity contribution in [3.05, 3.63) is 24.5 Å².